The lowest BCUT2D eigenvalue weighted by atomic mass is 10.2. The summed E-state index contributed by atoms with van der Waals surface area (Å²) in [5.41, 5.74) is 2.43. The minimum atomic E-state index is -3.56. The zero-order valence-electron chi connectivity index (χ0n) is 14.9. The van der Waals surface area contributed by atoms with Crippen molar-refractivity contribution in [3.63, 3.8) is 0 Å². The minimum absolute atomic E-state index is 0.00871. The third-order valence-electron chi connectivity index (χ3n) is 4.52. The predicted molar refractivity (Wildman–Crippen MR) is 110 cm³/mol. The summed E-state index contributed by atoms with van der Waals surface area (Å²) in [7, 11) is -3.56. The normalized spacial score (nSPS) is 13.5. The molecule has 0 saturated carbocycles. The van der Waals surface area contributed by atoms with Crippen LogP contribution in [0, 0.1) is 0 Å². The second kappa shape index (κ2) is 8.09. The van der Waals surface area contributed by atoms with Crippen molar-refractivity contribution in [2.24, 2.45) is 0 Å². The molecule has 0 fully saturated rings. The molecule has 5 nitrogen and oxygen atoms in total. The quantitative estimate of drug-likeness (QED) is 0.697. The maximum absolute atomic E-state index is 12.6. The van der Waals surface area contributed by atoms with Crippen molar-refractivity contribution in [2.75, 3.05) is 28.6 Å². The number of hydrogen-bond acceptors (Lipinski definition) is 3. The second-order valence-electron chi connectivity index (χ2n) is 6.46. The van der Waals surface area contributed by atoms with E-state index in [1.807, 2.05) is 24.3 Å². The van der Waals surface area contributed by atoms with Gasteiger partial charge in [-0.2, -0.15) is 0 Å². The maximum Gasteiger partial charge on any atom is 0.232 e. The Hall–Kier alpha value is -1.76. The highest BCUT2D eigenvalue weighted by Crippen LogP contribution is 2.31. The van der Waals surface area contributed by atoms with Crippen molar-refractivity contribution in [1.29, 1.82) is 0 Å². The Morgan fingerprint density at radius 2 is 1.93 bits per heavy atom. The van der Waals surface area contributed by atoms with Gasteiger partial charge in [0.2, 0.25) is 15.9 Å². The monoisotopic (exact) mass is 426 g/mol. The first-order valence-electron chi connectivity index (χ1n) is 8.58. The first-order chi connectivity index (χ1) is 12.8. The molecule has 0 radical (unpaired) electrons. The number of fused-ring (bicyclic) bond motifs is 1. The van der Waals surface area contributed by atoms with Crippen molar-refractivity contribution in [1.82, 2.24) is 0 Å². The van der Waals surface area contributed by atoms with Crippen LogP contribution in [-0.4, -0.2) is 33.7 Å². The number of para-hydroxylation sites is 1. The fourth-order valence-electron chi connectivity index (χ4n) is 3.25. The molecule has 1 amide bonds. The lowest BCUT2D eigenvalue weighted by Crippen LogP contribution is -2.33. The zero-order valence-corrected chi connectivity index (χ0v) is 17.2. The Labute approximate surface area is 169 Å². The molecule has 2 aromatic rings. The van der Waals surface area contributed by atoms with Gasteiger partial charge in [-0.1, -0.05) is 41.4 Å². The van der Waals surface area contributed by atoms with Crippen molar-refractivity contribution in [3.05, 3.63) is 58.1 Å². The number of carbonyl (C=O) groups excluding carboxylic acids is 1. The van der Waals surface area contributed by atoms with Crippen molar-refractivity contribution in [3.8, 4) is 0 Å². The summed E-state index contributed by atoms with van der Waals surface area (Å²) in [5, 5.41) is 0.692. The molecule has 0 saturated heterocycles. The Kier molecular flexibility index (Phi) is 5.99. The SMILES string of the molecule is CS(=O)(=O)N(CCCC(=O)N1CCc2ccccc21)c1cc(Cl)ccc1Cl. The average molecular weight is 427 g/mol. The molecular weight excluding hydrogens is 407 g/mol. The molecule has 1 aliphatic rings. The highest BCUT2D eigenvalue weighted by atomic mass is 35.5. The van der Waals surface area contributed by atoms with Gasteiger partial charge in [0.05, 0.1) is 17.0 Å². The van der Waals surface area contributed by atoms with Crippen molar-refractivity contribution in [2.45, 2.75) is 19.3 Å². The van der Waals surface area contributed by atoms with Crippen LogP contribution in [0.25, 0.3) is 0 Å². The van der Waals surface area contributed by atoms with Crippen LogP contribution in [0.1, 0.15) is 18.4 Å². The molecule has 8 heteroatoms. The topological polar surface area (TPSA) is 57.7 Å². The van der Waals surface area contributed by atoms with Gasteiger partial charge in [-0.15, -0.1) is 0 Å². The fourth-order valence-corrected chi connectivity index (χ4v) is 4.65. The second-order valence-corrected chi connectivity index (χ2v) is 9.21. The molecule has 0 aliphatic carbocycles. The van der Waals surface area contributed by atoms with Crippen LogP contribution < -0.4 is 9.21 Å². The number of amides is 1. The molecule has 0 spiro atoms. The van der Waals surface area contributed by atoms with Gasteiger partial charge < -0.3 is 4.90 Å². The summed E-state index contributed by atoms with van der Waals surface area (Å²) in [4.78, 5) is 14.4. The number of hydrogen-bond donors (Lipinski definition) is 0. The largest absolute Gasteiger partial charge is 0.312 e. The first kappa shape index (κ1) is 20.0. The number of carbonyl (C=O) groups is 1. The van der Waals surface area contributed by atoms with E-state index in [9.17, 15) is 13.2 Å². The van der Waals surface area contributed by atoms with E-state index in [0.717, 1.165) is 23.9 Å². The smallest absolute Gasteiger partial charge is 0.232 e. The lowest BCUT2D eigenvalue weighted by molar-refractivity contribution is -0.118. The number of halogens is 2. The van der Waals surface area contributed by atoms with Gasteiger partial charge in [0.1, 0.15) is 0 Å². The first-order valence-corrected chi connectivity index (χ1v) is 11.2. The molecule has 3 rings (SSSR count). The summed E-state index contributed by atoms with van der Waals surface area (Å²) in [6.07, 6.45) is 2.59. The van der Waals surface area contributed by atoms with Gasteiger partial charge in [0.25, 0.3) is 0 Å². The molecular formula is C19H20Cl2N2O3S. The Morgan fingerprint density at radius 1 is 1.19 bits per heavy atom. The molecule has 1 aliphatic heterocycles. The third kappa shape index (κ3) is 4.57. The summed E-state index contributed by atoms with van der Waals surface area (Å²) < 4.78 is 25.6. The van der Waals surface area contributed by atoms with Crippen LogP contribution >= 0.6 is 23.2 Å². The van der Waals surface area contributed by atoms with E-state index < -0.39 is 10.0 Å². The summed E-state index contributed by atoms with van der Waals surface area (Å²) in [6, 6.07) is 12.5. The van der Waals surface area contributed by atoms with E-state index in [2.05, 4.69) is 0 Å². The van der Waals surface area contributed by atoms with E-state index in [1.54, 1.807) is 17.0 Å². The predicted octanol–water partition coefficient (Wildman–Crippen LogP) is 4.13. The van der Waals surface area contributed by atoms with Gasteiger partial charge >= 0.3 is 0 Å². The van der Waals surface area contributed by atoms with E-state index in [0.29, 0.717) is 28.7 Å². The van der Waals surface area contributed by atoms with Crippen LogP contribution in [0.5, 0.6) is 0 Å². The number of anilines is 2. The standard InChI is InChI=1S/C19H20Cl2N2O3S/c1-27(25,26)23(18-13-15(20)8-9-16(18)21)11-4-7-19(24)22-12-10-14-5-2-3-6-17(14)22/h2-3,5-6,8-9,13H,4,7,10-12H2,1H3. The number of benzene rings is 2. The summed E-state index contributed by atoms with van der Waals surface area (Å²) >= 11 is 12.1. The Bertz CT molecular complexity index is 963. The van der Waals surface area contributed by atoms with Crippen LogP contribution in [0.15, 0.2) is 42.5 Å². The Balaban J connectivity index is 1.69. The molecule has 27 heavy (non-hydrogen) atoms. The minimum Gasteiger partial charge on any atom is -0.312 e. The van der Waals surface area contributed by atoms with Crippen molar-refractivity contribution >= 4 is 50.5 Å². The molecule has 0 atom stereocenters. The maximum atomic E-state index is 12.6. The van der Waals surface area contributed by atoms with Gasteiger partial charge in [0, 0.05) is 30.2 Å². The molecule has 2 aromatic carbocycles. The van der Waals surface area contributed by atoms with Crippen LogP contribution in [0.4, 0.5) is 11.4 Å². The number of rotatable bonds is 6. The Morgan fingerprint density at radius 3 is 2.67 bits per heavy atom. The van der Waals surface area contributed by atoms with Gasteiger partial charge in [-0.05, 0) is 42.7 Å². The van der Waals surface area contributed by atoms with Gasteiger partial charge in [-0.25, -0.2) is 8.42 Å². The average Bonchev–Trinajstić information content (AvgIpc) is 3.04. The summed E-state index contributed by atoms with van der Waals surface area (Å²) in [5.74, 6) is -0.00871. The molecule has 0 N–H and O–H groups in total. The van der Waals surface area contributed by atoms with Crippen molar-refractivity contribution < 1.29 is 13.2 Å². The molecule has 0 unspecified atom stereocenters. The lowest BCUT2D eigenvalue weighted by Gasteiger charge is -2.24. The number of sulfonamides is 1. The highest BCUT2D eigenvalue weighted by molar-refractivity contribution is 7.92. The highest BCUT2D eigenvalue weighted by Gasteiger charge is 2.25. The van der Waals surface area contributed by atoms with Crippen LogP contribution in [-0.2, 0) is 21.2 Å². The fraction of sp³-hybridized carbons (Fsp3) is 0.316. The molecule has 144 valence electrons. The third-order valence-corrected chi connectivity index (χ3v) is 6.25. The van der Waals surface area contributed by atoms with Crippen LogP contribution in [0.2, 0.25) is 10.0 Å². The van der Waals surface area contributed by atoms with E-state index >= 15 is 0 Å². The van der Waals surface area contributed by atoms with E-state index in [4.69, 9.17) is 23.2 Å². The van der Waals surface area contributed by atoms with Gasteiger partial charge in [0.15, 0.2) is 0 Å². The molecule has 1 heterocycles. The van der Waals surface area contributed by atoms with E-state index in [-0.39, 0.29) is 18.9 Å². The molecule has 0 aromatic heterocycles. The number of nitrogens with zero attached hydrogens (tertiary/aromatic N) is 2. The summed E-state index contributed by atoms with van der Waals surface area (Å²) in [6.45, 7) is 0.814. The van der Waals surface area contributed by atoms with Crippen LogP contribution in [0.3, 0.4) is 0 Å². The molecule has 0 bridgehead atoms. The zero-order chi connectivity index (χ0) is 19.6. The van der Waals surface area contributed by atoms with Gasteiger partial charge in [-0.3, -0.25) is 9.10 Å². The van der Waals surface area contributed by atoms with E-state index in [1.165, 1.54) is 10.4 Å².